The molecule has 2 aromatic rings. The van der Waals surface area contributed by atoms with Crippen molar-refractivity contribution in [2.45, 2.75) is 45.3 Å². The van der Waals surface area contributed by atoms with Gasteiger partial charge in [0.2, 0.25) is 11.8 Å². The predicted molar refractivity (Wildman–Crippen MR) is 110 cm³/mol. The van der Waals surface area contributed by atoms with Gasteiger partial charge in [-0.3, -0.25) is 9.59 Å². The molecule has 3 amide bonds. The zero-order chi connectivity index (χ0) is 20.4. The Labute approximate surface area is 172 Å². The predicted octanol–water partition coefficient (Wildman–Crippen LogP) is 3.28. The van der Waals surface area contributed by atoms with Gasteiger partial charge in [0.05, 0.1) is 13.1 Å². The fourth-order valence-corrected chi connectivity index (χ4v) is 4.22. The maximum absolute atomic E-state index is 13.2. The fourth-order valence-electron chi connectivity index (χ4n) is 2.78. The van der Waals surface area contributed by atoms with E-state index >= 15 is 0 Å². The summed E-state index contributed by atoms with van der Waals surface area (Å²) in [4.78, 5) is 39.3. The highest BCUT2D eigenvalue weighted by atomic mass is 32.1. The van der Waals surface area contributed by atoms with Crippen LogP contribution in [0.25, 0.3) is 0 Å². The summed E-state index contributed by atoms with van der Waals surface area (Å²) in [5.74, 6) is -0.377. The van der Waals surface area contributed by atoms with Crippen LogP contribution in [-0.2, 0) is 22.7 Å². The zero-order valence-corrected chi connectivity index (χ0v) is 17.4. The molecule has 7 nitrogen and oxygen atoms in total. The average molecular weight is 424 g/mol. The van der Waals surface area contributed by atoms with Crippen molar-refractivity contribution in [1.82, 2.24) is 15.5 Å². The summed E-state index contributed by atoms with van der Waals surface area (Å²) in [6.07, 6.45) is 0.631. The summed E-state index contributed by atoms with van der Waals surface area (Å²) in [5.41, 5.74) is 0. The molecule has 0 aliphatic carbocycles. The maximum Gasteiger partial charge on any atom is 0.404 e. The largest absolute Gasteiger partial charge is 0.465 e. The first kappa shape index (κ1) is 21.9. The molecular weight excluding hydrogens is 398 g/mol. The van der Waals surface area contributed by atoms with E-state index in [1.807, 2.05) is 35.0 Å². The lowest BCUT2D eigenvalue weighted by Gasteiger charge is -2.27. The van der Waals surface area contributed by atoms with Gasteiger partial charge in [0.25, 0.3) is 0 Å². The number of nitrogens with zero attached hydrogens (tertiary/aromatic N) is 1. The van der Waals surface area contributed by atoms with Gasteiger partial charge in [0, 0.05) is 23.2 Å². The van der Waals surface area contributed by atoms with Crippen LogP contribution < -0.4 is 10.6 Å². The average Bonchev–Trinajstić information content (AvgIpc) is 3.32. The summed E-state index contributed by atoms with van der Waals surface area (Å²) in [7, 11) is 0. The maximum atomic E-state index is 13.2. The summed E-state index contributed by atoms with van der Waals surface area (Å²) in [6, 6.07) is 7.26. The molecule has 2 rings (SSSR count). The Balaban J connectivity index is 2.03. The zero-order valence-electron chi connectivity index (χ0n) is 15.7. The van der Waals surface area contributed by atoms with Crippen LogP contribution in [0.1, 0.15) is 35.9 Å². The number of nitrogens with one attached hydrogen (secondary N) is 2. The first-order valence-corrected chi connectivity index (χ1v) is 10.8. The first-order valence-electron chi connectivity index (χ1n) is 9.03. The monoisotopic (exact) mass is 423 g/mol. The lowest BCUT2D eigenvalue weighted by atomic mass is 10.1. The molecular formula is C19H25N3O4S2. The quantitative estimate of drug-likeness (QED) is 0.483. The minimum absolute atomic E-state index is 0.122. The summed E-state index contributed by atoms with van der Waals surface area (Å²) in [5, 5.41) is 17.6. The van der Waals surface area contributed by atoms with E-state index < -0.39 is 12.1 Å². The molecule has 0 unspecified atom stereocenters. The Hall–Kier alpha value is -2.39. The Morgan fingerprint density at radius 3 is 2.14 bits per heavy atom. The molecule has 0 radical (unpaired) electrons. The number of rotatable bonds is 11. The first-order chi connectivity index (χ1) is 13.5. The highest BCUT2D eigenvalue weighted by Crippen LogP contribution is 2.19. The number of carbonyl (C=O) groups is 3. The van der Waals surface area contributed by atoms with Gasteiger partial charge in [0.15, 0.2) is 0 Å². The van der Waals surface area contributed by atoms with Crippen molar-refractivity contribution >= 4 is 40.6 Å². The molecule has 3 N–H and O–H groups in total. The second-order valence-corrected chi connectivity index (χ2v) is 8.40. The van der Waals surface area contributed by atoms with Gasteiger partial charge in [-0.15, -0.1) is 22.7 Å². The lowest BCUT2D eigenvalue weighted by Crippen LogP contribution is -2.47. The van der Waals surface area contributed by atoms with E-state index in [4.69, 9.17) is 5.11 Å². The molecule has 2 heterocycles. The van der Waals surface area contributed by atoms with Crippen LogP contribution in [-0.4, -0.2) is 40.5 Å². The summed E-state index contributed by atoms with van der Waals surface area (Å²) < 4.78 is 0. The number of unbranched alkanes of at least 4 members (excludes halogenated alkanes) is 1. The molecule has 0 saturated heterocycles. The molecule has 0 saturated carbocycles. The third-order valence-corrected chi connectivity index (χ3v) is 5.76. The van der Waals surface area contributed by atoms with Gasteiger partial charge in [-0.2, -0.15) is 0 Å². The van der Waals surface area contributed by atoms with Crippen LogP contribution in [0.4, 0.5) is 4.79 Å². The molecule has 0 bridgehead atoms. The number of hydrogen-bond acceptors (Lipinski definition) is 5. The van der Waals surface area contributed by atoms with E-state index in [1.165, 1.54) is 6.92 Å². The lowest BCUT2D eigenvalue weighted by molar-refractivity contribution is -0.137. The molecule has 28 heavy (non-hydrogen) atoms. The molecule has 0 aliphatic rings. The number of amides is 3. The van der Waals surface area contributed by atoms with Gasteiger partial charge in [-0.1, -0.05) is 12.1 Å². The minimum Gasteiger partial charge on any atom is -0.465 e. The van der Waals surface area contributed by atoms with Crippen LogP contribution in [0, 0.1) is 0 Å². The molecule has 0 fully saturated rings. The van der Waals surface area contributed by atoms with E-state index in [1.54, 1.807) is 27.6 Å². The Kier molecular flexibility index (Phi) is 8.96. The number of hydrogen-bond donors (Lipinski definition) is 3. The fraction of sp³-hybridized carbons (Fsp3) is 0.421. The van der Waals surface area contributed by atoms with Crippen molar-refractivity contribution < 1.29 is 19.5 Å². The second kappa shape index (κ2) is 11.5. The molecule has 0 aromatic carbocycles. The van der Waals surface area contributed by atoms with Crippen molar-refractivity contribution in [3.05, 3.63) is 44.8 Å². The molecule has 9 heteroatoms. The van der Waals surface area contributed by atoms with Crippen molar-refractivity contribution in [3.8, 4) is 0 Å². The molecule has 152 valence electrons. The van der Waals surface area contributed by atoms with Crippen molar-refractivity contribution in [2.24, 2.45) is 0 Å². The van der Waals surface area contributed by atoms with Gasteiger partial charge >= 0.3 is 6.09 Å². The summed E-state index contributed by atoms with van der Waals surface area (Å²) in [6.45, 7) is 2.70. The van der Waals surface area contributed by atoms with Crippen LogP contribution in [0.3, 0.4) is 0 Å². The highest BCUT2D eigenvalue weighted by molar-refractivity contribution is 7.10. The van der Waals surface area contributed by atoms with Gasteiger partial charge in [0.1, 0.15) is 6.04 Å². The second-order valence-electron chi connectivity index (χ2n) is 6.33. The molecule has 0 spiro atoms. The Morgan fingerprint density at radius 1 is 1.07 bits per heavy atom. The van der Waals surface area contributed by atoms with E-state index in [0.29, 0.717) is 38.9 Å². The van der Waals surface area contributed by atoms with Crippen LogP contribution in [0.2, 0.25) is 0 Å². The van der Waals surface area contributed by atoms with Crippen LogP contribution in [0.15, 0.2) is 35.0 Å². The van der Waals surface area contributed by atoms with E-state index in [9.17, 15) is 14.4 Å². The SMILES string of the molecule is CC(=O)N[C@@H](CCCCNC(=O)O)C(=O)N(Cc1cccs1)Cc1cccs1. The van der Waals surface area contributed by atoms with Crippen molar-refractivity contribution in [1.29, 1.82) is 0 Å². The van der Waals surface area contributed by atoms with E-state index in [2.05, 4.69) is 10.6 Å². The third-order valence-electron chi connectivity index (χ3n) is 4.04. The van der Waals surface area contributed by atoms with Gasteiger partial charge in [-0.25, -0.2) is 4.79 Å². The Bertz CT molecular complexity index is 711. The number of carbonyl (C=O) groups excluding carboxylic acids is 2. The Morgan fingerprint density at radius 2 is 1.68 bits per heavy atom. The molecule has 2 aromatic heterocycles. The topological polar surface area (TPSA) is 98.7 Å². The molecule has 0 aliphatic heterocycles. The van der Waals surface area contributed by atoms with Crippen LogP contribution in [0.5, 0.6) is 0 Å². The van der Waals surface area contributed by atoms with Gasteiger partial charge in [-0.05, 0) is 42.2 Å². The minimum atomic E-state index is -1.06. The van der Waals surface area contributed by atoms with E-state index in [-0.39, 0.29) is 11.8 Å². The molecule has 1 atom stereocenters. The standard InChI is InChI=1S/C19H25N3O4S2/c1-14(23)21-17(8-2-3-9-20-19(25)26)18(24)22(12-15-6-4-10-27-15)13-16-7-5-11-28-16/h4-7,10-11,17,20H,2-3,8-9,12-13H2,1H3,(H,21,23)(H,25,26)/t17-/m0/s1. The smallest absolute Gasteiger partial charge is 0.404 e. The van der Waals surface area contributed by atoms with Crippen molar-refractivity contribution in [3.63, 3.8) is 0 Å². The highest BCUT2D eigenvalue weighted by Gasteiger charge is 2.25. The van der Waals surface area contributed by atoms with Crippen LogP contribution >= 0.6 is 22.7 Å². The normalized spacial score (nSPS) is 11.6. The summed E-state index contributed by atoms with van der Waals surface area (Å²) >= 11 is 3.18. The number of carboxylic acid groups (broad SMARTS) is 1. The number of thiophene rings is 2. The third kappa shape index (κ3) is 7.69. The van der Waals surface area contributed by atoms with Gasteiger partial charge < -0.3 is 20.6 Å². The van der Waals surface area contributed by atoms with E-state index in [0.717, 1.165) is 9.75 Å². The van der Waals surface area contributed by atoms with Crippen molar-refractivity contribution in [2.75, 3.05) is 6.54 Å².